The van der Waals surface area contributed by atoms with E-state index in [0.29, 0.717) is 66.2 Å². The van der Waals surface area contributed by atoms with Crippen molar-refractivity contribution in [1.82, 2.24) is 25.3 Å². The van der Waals surface area contributed by atoms with Gasteiger partial charge in [-0.2, -0.15) is 15.5 Å². The maximum absolute atomic E-state index is 12.6. The van der Waals surface area contributed by atoms with Crippen LogP contribution in [0.15, 0.2) is 267 Å². The van der Waals surface area contributed by atoms with Crippen molar-refractivity contribution in [2.45, 2.75) is 23.6 Å². The van der Waals surface area contributed by atoms with Gasteiger partial charge in [0.2, 0.25) is 17.6 Å². The van der Waals surface area contributed by atoms with Crippen molar-refractivity contribution in [1.29, 1.82) is 10.5 Å². The molecule has 3 amide bonds. The summed E-state index contributed by atoms with van der Waals surface area (Å²) in [7, 11) is -6.87. The Kier molecular flexibility index (Phi) is 23.3. The Morgan fingerprint density at radius 3 is 1.50 bits per heavy atom. The summed E-state index contributed by atoms with van der Waals surface area (Å²) in [6.07, 6.45) is 5.16. The van der Waals surface area contributed by atoms with E-state index in [0.717, 1.165) is 23.5 Å². The van der Waals surface area contributed by atoms with Gasteiger partial charge in [-0.15, -0.1) is 46.0 Å². The van der Waals surface area contributed by atoms with E-state index < -0.39 is 25.6 Å². The molecule has 522 valence electrons. The number of aromatic nitrogens is 5. The van der Waals surface area contributed by atoms with Gasteiger partial charge in [0.1, 0.15) is 52.0 Å². The number of rotatable bonds is 15. The van der Waals surface area contributed by atoms with Crippen LogP contribution in [0.4, 0.5) is 62.3 Å². The molecule has 105 heavy (non-hydrogen) atoms. The predicted molar refractivity (Wildman–Crippen MR) is 391 cm³/mol. The van der Waals surface area contributed by atoms with Crippen molar-refractivity contribution >= 4 is 143 Å². The standard InChI is InChI=1S/C24H16N6O3.C20H16N4O4S.C18H13N3O3S.C10H9N5O2S/c31-21-18-9-5-4-8-17(18)19(14-20(21)26-23(32)16-10-12-25-13-11-16)28-29-24-27-22(30-33-24)15-6-2-1-3-7-15;1-12(25)22-19-10-18(15-5-3-4-6-16(15)20(19)26)24-23-17-8-7-14(29(2,27)28)9-13(17)11-21;1-25(23,24)13-6-7-16(12(10-13)11-19)20-21-17-8-9-18(22)15-5-3-2-4-14(15)17;1-6(16)12-8-4-7(2-3-9(8)17)13-15-10-14-11-5-18-10/h1-14,31H,(H,26,32);3-10,26H,1-2H3,(H,22,25);2-10,22H,1H3;2-5,17H,1H3,(H,12,16). The quantitative estimate of drug-likeness (QED) is 0.0370. The summed E-state index contributed by atoms with van der Waals surface area (Å²) in [4.78, 5) is 43.2. The van der Waals surface area contributed by atoms with E-state index in [1.165, 1.54) is 104 Å². The highest BCUT2D eigenvalue weighted by Crippen LogP contribution is 2.43. The summed E-state index contributed by atoms with van der Waals surface area (Å²) < 4.78 is 51.7. The number of hydrogen-bond donors (Lipinski definition) is 7. The van der Waals surface area contributed by atoms with Gasteiger partial charge in [-0.05, 0) is 91.0 Å². The fourth-order valence-corrected chi connectivity index (χ4v) is 11.2. The molecule has 0 aliphatic carbocycles. The van der Waals surface area contributed by atoms with Crippen molar-refractivity contribution < 1.29 is 56.2 Å². The Bertz CT molecular complexity index is 5910. The first-order valence-corrected chi connectivity index (χ1v) is 35.2. The lowest BCUT2D eigenvalue weighted by Gasteiger charge is -2.11. The molecule has 7 N–H and O–H groups in total. The van der Waals surface area contributed by atoms with Gasteiger partial charge in [0.05, 0.1) is 60.7 Å². The number of anilines is 3. The van der Waals surface area contributed by atoms with E-state index in [-0.39, 0.29) is 90.2 Å². The number of hydrogen-bond acceptors (Lipinski definition) is 28. The molecule has 0 radical (unpaired) electrons. The maximum Gasteiger partial charge on any atom is 0.366 e. The third kappa shape index (κ3) is 19.0. The summed E-state index contributed by atoms with van der Waals surface area (Å²) in [6.45, 7) is 2.67. The minimum absolute atomic E-state index is 0.0102. The first-order chi connectivity index (χ1) is 50.4. The molecule has 30 nitrogen and oxygen atoms in total. The normalized spacial score (nSPS) is 11.3. The van der Waals surface area contributed by atoms with Crippen LogP contribution >= 0.6 is 11.3 Å². The zero-order valence-corrected chi connectivity index (χ0v) is 57.6. The SMILES string of the molecule is CC(=O)Nc1cc(N=Nc2ccc(S(C)(=O)=O)cc2C#N)c2ccccc2c1O.CC(=O)Nc1cc(N=Nc2nncs2)ccc1O.CS(=O)(=O)c1ccc(N=Nc2ccc(O)c3ccccc23)c(C#N)c1.O=C(Nc1cc(N=Nc2nc(-c3ccccc3)no2)c2ccccc2c1O)c1ccncc1. The van der Waals surface area contributed by atoms with Crippen LogP contribution in [0.3, 0.4) is 0 Å². The number of nitrogens with one attached hydrogen (secondary N) is 3. The van der Waals surface area contributed by atoms with Crippen LogP contribution in [0.25, 0.3) is 43.7 Å². The van der Waals surface area contributed by atoms with Crippen LogP contribution in [-0.4, -0.2) is 92.8 Å². The Labute approximate surface area is 600 Å². The molecule has 0 fully saturated rings. The molecule has 13 aromatic rings. The second kappa shape index (κ2) is 33.3. The van der Waals surface area contributed by atoms with Gasteiger partial charge in [-0.3, -0.25) is 19.4 Å². The molecule has 3 heterocycles. The van der Waals surface area contributed by atoms with E-state index in [2.05, 4.69) is 82.2 Å². The van der Waals surface area contributed by atoms with Crippen LogP contribution in [-0.2, 0) is 29.3 Å². The maximum atomic E-state index is 12.6. The van der Waals surface area contributed by atoms with E-state index in [9.17, 15) is 62.2 Å². The molecule has 10 aromatic carbocycles. The first kappa shape index (κ1) is 73.4. The highest BCUT2D eigenvalue weighted by molar-refractivity contribution is 7.91. The molecule has 0 spiro atoms. The number of carbonyl (C=O) groups excluding carboxylic acids is 3. The molecule has 0 saturated heterocycles. The minimum Gasteiger partial charge on any atom is -0.507 e. The number of nitriles is 2. The number of carbonyl (C=O) groups is 3. The fourth-order valence-electron chi connectivity index (χ4n) is 9.58. The number of phenols is 4. The summed E-state index contributed by atoms with van der Waals surface area (Å²) >= 11 is 1.26. The van der Waals surface area contributed by atoms with Gasteiger partial charge in [-0.25, -0.2) is 16.8 Å². The Balaban J connectivity index is 0.000000153. The van der Waals surface area contributed by atoms with Crippen LogP contribution in [0, 0.1) is 22.7 Å². The highest BCUT2D eigenvalue weighted by Gasteiger charge is 2.19. The monoisotopic (exact) mass is 1460 g/mol. The number of phenolic OH excluding ortho intramolecular Hbond substituents is 4. The number of sulfone groups is 2. The largest absolute Gasteiger partial charge is 0.507 e. The lowest BCUT2D eigenvalue weighted by atomic mass is 10.1. The highest BCUT2D eigenvalue weighted by atomic mass is 32.2. The minimum atomic E-state index is -3.46. The average Bonchev–Trinajstić information content (AvgIpc) is 0.842. The number of benzene rings is 10. The number of amides is 3. The van der Waals surface area contributed by atoms with Gasteiger partial charge in [0.25, 0.3) is 11.0 Å². The number of azo groups is 4. The topological polar surface area (TPSA) is 461 Å². The average molecular weight is 1460 g/mol. The molecular formula is C72H54N18O12S3. The molecule has 0 bridgehead atoms. The molecule has 3 aromatic heterocycles. The van der Waals surface area contributed by atoms with E-state index in [1.54, 1.807) is 90.4 Å². The second-order valence-corrected chi connectivity index (χ2v) is 26.8. The van der Waals surface area contributed by atoms with Crippen molar-refractivity contribution in [3.8, 4) is 46.5 Å². The molecule has 0 aliphatic heterocycles. The lowest BCUT2D eigenvalue weighted by molar-refractivity contribution is -0.115. The Morgan fingerprint density at radius 1 is 0.486 bits per heavy atom. The predicted octanol–water partition coefficient (Wildman–Crippen LogP) is 16.7. The Hall–Kier alpha value is -14.3. The van der Waals surface area contributed by atoms with Crippen LogP contribution in [0.2, 0.25) is 0 Å². The molecule has 13 rings (SSSR count). The van der Waals surface area contributed by atoms with Crippen molar-refractivity contribution in [2.24, 2.45) is 40.9 Å². The van der Waals surface area contributed by atoms with Crippen LogP contribution in [0.1, 0.15) is 35.3 Å². The number of nitrogens with zero attached hydrogens (tertiary/aromatic N) is 15. The number of aromatic hydroxyl groups is 4. The third-order valence-corrected chi connectivity index (χ3v) is 17.3. The summed E-state index contributed by atoms with van der Waals surface area (Å²) in [6, 6.07) is 56.3. The molecule has 0 atom stereocenters. The molecule has 0 unspecified atom stereocenters. The van der Waals surface area contributed by atoms with Gasteiger partial charge < -0.3 is 40.9 Å². The van der Waals surface area contributed by atoms with Crippen molar-refractivity contribution in [3.05, 3.63) is 229 Å². The van der Waals surface area contributed by atoms with E-state index in [4.69, 9.17) is 4.52 Å². The number of pyridine rings is 1. The number of fused-ring (bicyclic) bond motifs is 3. The molecule has 0 saturated carbocycles. The lowest BCUT2D eigenvalue weighted by Crippen LogP contribution is -2.12. The molecule has 0 aliphatic rings. The smallest absolute Gasteiger partial charge is 0.366 e. The van der Waals surface area contributed by atoms with Crippen molar-refractivity contribution in [2.75, 3.05) is 28.5 Å². The van der Waals surface area contributed by atoms with Crippen LogP contribution < -0.4 is 16.0 Å². The van der Waals surface area contributed by atoms with Gasteiger partial charge in [0, 0.05) is 82.2 Å². The zero-order valence-electron chi connectivity index (χ0n) is 55.2. The van der Waals surface area contributed by atoms with Crippen molar-refractivity contribution in [3.63, 3.8) is 0 Å². The zero-order chi connectivity index (χ0) is 74.8. The first-order valence-electron chi connectivity index (χ1n) is 30.5. The van der Waals surface area contributed by atoms with Gasteiger partial charge in [0.15, 0.2) is 19.7 Å². The van der Waals surface area contributed by atoms with E-state index in [1.807, 2.05) is 54.6 Å². The fraction of sp³-hybridized carbons (Fsp3) is 0.0556. The van der Waals surface area contributed by atoms with E-state index >= 15 is 0 Å². The van der Waals surface area contributed by atoms with Gasteiger partial charge in [-0.1, -0.05) is 125 Å². The second-order valence-electron chi connectivity index (χ2n) is 22.0. The Morgan fingerprint density at radius 2 is 0.962 bits per heavy atom. The molecule has 33 heteroatoms. The molecular weight excluding hydrogens is 1410 g/mol. The summed E-state index contributed by atoms with van der Waals surface area (Å²) in [5, 5.41) is 115. The summed E-state index contributed by atoms with van der Waals surface area (Å²) in [5.74, 6) is -0.684. The van der Waals surface area contributed by atoms with Gasteiger partial charge >= 0.3 is 6.01 Å². The third-order valence-electron chi connectivity index (χ3n) is 14.5. The van der Waals surface area contributed by atoms with Crippen LogP contribution in [0.5, 0.6) is 23.0 Å². The summed E-state index contributed by atoms with van der Waals surface area (Å²) in [5.41, 5.74) is 5.84.